The molecular weight excluding hydrogens is 250 g/mol. The summed E-state index contributed by atoms with van der Waals surface area (Å²) >= 11 is 0. The second kappa shape index (κ2) is 5.67. The summed E-state index contributed by atoms with van der Waals surface area (Å²) in [5.74, 6) is 0.268. The molecule has 1 aromatic heterocycles. The number of para-hydroxylation sites is 1. The van der Waals surface area contributed by atoms with Gasteiger partial charge in [0.1, 0.15) is 0 Å². The zero-order valence-corrected chi connectivity index (χ0v) is 11.9. The molecule has 1 fully saturated rings. The number of fused-ring (bicyclic) bond motifs is 1. The summed E-state index contributed by atoms with van der Waals surface area (Å²) < 4.78 is 0. The van der Waals surface area contributed by atoms with Gasteiger partial charge in [-0.05, 0) is 25.0 Å². The lowest BCUT2D eigenvalue weighted by Crippen LogP contribution is -2.52. The van der Waals surface area contributed by atoms with Crippen LogP contribution in [0.5, 0.6) is 0 Å². The van der Waals surface area contributed by atoms with Crippen molar-refractivity contribution < 1.29 is 4.79 Å². The van der Waals surface area contributed by atoms with Crippen LogP contribution in [0.3, 0.4) is 0 Å². The average Bonchev–Trinajstić information content (AvgIpc) is 2.88. The molecule has 2 heterocycles. The summed E-state index contributed by atoms with van der Waals surface area (Å²) in [6, 6.07) is 8.55. The van der Waals surface area contributed by atoms with Gasteiger partial charge in [-0.15, -0.1) is 0 Å². The van der Waals surface area contributed by atoms with Crippen molar-refractivity contribution >= 4 is 16.8 Å². The van der Waals surface area contributed by atoms with E-state index in [1.165, 1.54) is 10.9 Å². The van der Waals surface area contributed by atoms with Crippen molar-refractivity contribution in [3.8, 4) is 0 Å². The number of aromatic amines is 1. The number of benzene rings is 1. The quantitative estimate of drug-likeness (QED) is 0.896. The predicted molar refractivity (Wildman–Crippen MR) is 80.7 cm³/mol. The largest absolute Gasteiger partial charge is 0.361 e. The predicted octanol–water partition coefficient (Wildman–Crippen LogP) is 1.92. The molecule has 0 bridgehead atoms. The number of carbonyl (C=O) groups excluding carboxylic acids is 1. The van der Waals surface area contributed by atoms with Gasteiger partial charge in [0.15, 0.2) is 0 Å². The molecule has 0 spiro atoms. The highest BCUT2D eigenvalue weighted by Crippen LogP contribution is 2.19. The van der Waals surface area contributed by atoms with E-state index in [2.05, 4.69) is 29.4 Å². The van der Waals surface area contributed by atoms with Crippen molar-refractivity contribution in [1.82, 2.24) is 15.2 Å². The van der Waals surface area contributed by atoms with Crippen LogP contribution in [-0.4, -0.2) is 41.5 Å². The first kappa shape index (κ1) is 13.2. The molecule has 106 valence electrons. The SMILES string of the molecule is CC1CNCCN1C(=O)CCc1c[nH]c2ccccc12. The number of nitrogens with zero attached hydrogens (tertiary/aromatic N) is 1. The highest BCUT2D eigenvalue weighted by Gasteiger charge is 2.22. The minimum Gasteiger partial charge on any atom is -0.361 e. The first-order valence-electron chi connectivity index (χ1n) is 7.31. The van der Waals surface area contributed by atoms with Gasteiger partial charge < -0.3 is 15.2 Å². The first-order valence-corrected chi connectivity index (χ1v) is 7.31. The Morgan fingerprint density at radius 1 is 1.40 bits per heavy atom. The minimum absolute atomic E-state index is 0.268. The lowest BCUT2D eigenvalue weighted by molar-refractivity contribution is -0.133. The van der Waals surface area contributed by atoms with Crippen LogP contribution in [0.25, 0.3) is 10.9 Å². The molecule has 0 aliphatic carbocycles. The van der Waals surface area contributed by atoms with Crippen molar-refractivity contribution in [2.75, 3.05) is 19.6 Å². The topological polar surface area (TPSA) is 48.1 Å². The van der Waals surface area contributed by atoms with Crippen molar-refractivity contribution in [3.05, 3.63) is 36.0 Å². The Kier molecular flexibility index (Phi) is 3.74. The zero-order chi connectivity index (χ0) is 13.9. The minimum atomic E-state index is 0.268. The number of hydrogen-bond acceptors (Lipinski definition) is 2. The summed E-state index contributed by atoms with van der Waals surface area (Å²) in [6.07, 6.45) is 3.42. The van der Waals surface area contributed by atoms with Crippen LogP contribution in [0.2, 0.25) is 0 Å². The number of rotatable bonds is 3. The summed E-state index contributed by atoms with van der Waals surface area (Å²) in [5, 5.41) is 4.54. The van der Waals surface area contributed by atoms with E-state index >= 15 is 0 Å². The Labute approximate surface area is 119 Å². The van der Waals surface area contributed by atoms with Crippen molar-refractivity contribution in [2.24, 2.45) is 0 Å². The highest BCUT2D eigenvalue weighted by molar-refractivity contribution is 5.84. The number of nitrogens with one attached hydrogen (secondary N) is 2. The Bertz CT molecular complexity index is 605. The summed E-state index contributed by atoms with van der Waals surface area (Å²) in [6.45, 7) is 4.74. The maximum absolute atomic E-state index is 12.3. The maximum atomic E-state index is 12.3. The monoisotopic (exact) mass is 271 g/mol. The van der Waals surface area contributed by atoms with Crippen LogP contribution in [0.15, 0.2) is 30.5 Å². The van der Waals surface area contributed by atoms with Crippen molar-refractivity contribution in [3.63, 3.8) is 0 Å². The number of aromatic nitrogens is 1. The lowest BCUT2D eigenvalue weighted by atomic mass is 10.1. The molecule has 3 rings (SSSR count). The van der Waals surface area contributed by atoms with Crippen LogP contribution in [-0.2, 0) is 11.2 Å². The molecule has 1 unspecified atom stereocenters. The third kappa shape index (κ3) is 2.56. The zero-order valence-electron chi connectivity index (χ0n) is 11.9. The molecule has 4 heteroatoms. The van der Waals surface area contributed by atoms with Crippen LogP contribution in [0, 0.1) is 0 Å². The fourth-order valence-corrected chi connectivity index (χ4v) is 2.94. The Balaban J connectivity index is 1.65. The van der Waals surface area contributed by atoms with Crippen LogP contribution in [0.4, 0.5) is 0 Å². The number of amides is 1. The van der Waals surface area contributed by atoms with Crippen LogP contribution < -0.4 is 5.32 Å². The van der Waals surface area contributed by atoms with E-state index < -0.39 is 0 Å². The molecule has 0 saturated carbocycles. The Morgan fingerprint density at radius 3 is 3.10 bits per heavy atom. The van der Waals surface area contributed by atoms with Crippen molar-refractivity contribution in [2.45, 2.75) is 25.8 Å². The van der Waals surface area contributed by atoms with Gasteiger partial charge in [0.2, 0.25) is 5.91 Å². The molecule has 1 aromatic carbocycles. The maximum Gasteiger partial charge on any atom is 0.223 e. The second-order valence-corrected chi connectivity index (χ2v) is 5.50. The number of aryl methyl sites for hydroxylation is 1. The summed E-state index contributed by atoms with van der Waals surface area (Å²) in [5.41, 5.74) is 2.38. The van der Waals surface area contributed by atoms with Crippen molar-refractivity contribution in [1.29, 1.82) is 0 Å². The molecule has 1 atom stereocenters. The Morgan fingerprint density at radius 2 is 2.25 bits per heavy atom. The molecule has 20 heavy (non-hydrogen) atoms. The normalized spacial score (nSPS) is 19.4. The second-order valence-electron chi connectivity index (χ2n) is 5.50. The number of carbonyl (C=O) groups is 1. The van der Waals surface area contributed by atoms with E-state index in [-0.39, 0.29) is 5.91 Å². The van der Waals surface area contributed by atoms with E-state index in [0.29, 0.717) is 12.5 Å². The van der Waals surface area contributed by atoms with Gasteiger partial charge in [0.05, 0.1) is 0 Å². The molecule has 1 aliphatic heterocycles. The number of piperazine rings is 1. The van der Waals surface area contributed by atoms with E-state index in [1.807, 2.05) is 23.2 Å². The number of hydrogen-bond donors (Lipinski definition) is 2. The van der Waals surface area contributed by atoms with Gasteiger partial charge in [0.25, 0.3) is 0 Å². The highest BCUT2D eigenvalue weighted by atomic mass is 16.2. The van der Waals surface area contributed by atoms with Gasteiger partial charge in [-0.3, -0.25) is 4.79 Å². The molecular formula is C16H21N3O. The molecule has 2 aromatic rings. The first-order chi connectivity index (χ1) is 9.75. The van der Waals surface area contributed by atoms with Crippen LogP contribution >= 0.6 is 0 Å². The molecule has 4 nitrogen and oxygen atoms in total. The fraction of sp³-hybridized carbons (Fsp3) is 0.438. The smallest absolute Gasteiger partial charge is 0.223 e. The fourth-order valence-electron chi connectivity index (χ4n) is 2.94. The molecule has 0 radical (unpaired) electrons. The third-order valence-corrected chi connectivity index (χ3v) is 4.10. The van der Waals surface area contributed by atoms with Crippen LogP contribution in [0.1, 0.15) is 18.9 Å². The van der Waals surface area contributed by atoms with Gasteiger partial charge in [-0.1, -0.05) is 18.2 Å². The van der Waals surface area contributed by atoms with Gasteiger partial charge in [0, 0.05) is 49.2 Å². The summed E-state index contributed by atoms with van der Waals surface area (Å²) in [4.78, 5) is 17.6. The van der Waals surface area contributed by atoms with E-state index in [0.717, 1.165) is 31.6 Å². The van der Waals surface area contributed by atoms with E-state index in [9.17, 15) is 4.79 Å². The van der Waals surface area contributed by atoms with E-state index in [1.54, 1.807) is 0 Å². The standard InChI is InChI=1S/C16H21N3O/c1-12-10-17-8-9-19(12)16(20)7-6-13-11-18-15-5-3-2-4-14(13)15/h2-5,11-12,17-18H,6-10H2,1H3. The number of H-pyrrole nitrogens is 1. The van der Waals surface area contributed by atoms with Gasteiger partial charge in [-0.2, -0.15) is 0 Å². The van der Waals surface area contributed by atoms with Gasteiger partial charge in [-0.25, -0.2) is 0 Å². The lowest BCUT2D eigenvalue weighted by Gasteiger charge is -2.34. The molecule has 1 saturated heterocycles. The third-order valence-electron chi connectivity index (χ3n) is 4.10. The average molecular weight is 271 g/mol. The van der Waals surface area contributed by atoms with Gasteiger partial charge >= 0.3 is 0 Å². The Hall–Kier alpha value is -1.81. The molecule has 1 aliphatic rings. The van der Waals surface area contributed by atoms with E-state index in [4.69, 9.17) is 0 Å². The summed E-state index contributed by atoms with van der Waals surface area (Å²) in [7, 11) is 0. The molecule has 2 N–H and O–H groups in total. The molecule has 1 amide bonds.